The molecule has 24 heavy (non-hydrogen) atoms. The van der Waals surface area contributed by atoms with Gasteiger partial charge in [0.05, 0.1) is 10.6 Å². The maximum atomic E-state index is 12.4. The molecule has 2 rings (SSSR count). The molecule has 0 saturated carbocycles. The van der Waals surface area contributed by atoms with E-state index in [2.05, 4.69) is 5.32 Å². The summed E-state index contributed by atoms with van der Waals surface area (Å²) in [6, 6.07) is 4.74. The van der Waals surface area contributed by atoms with E-state index < -0.39 is 28.0 Å². The van der Waals surface area contributed by atoms with Gasteiger partial charge in [-0.25, -0.2) is 8.42 Å². The average Bonchev–Trinajstić information content (AvgIpc) is 2.94. The van der Waals surface area contributed by atoms with Gasteiger partial charge >= 0.3 is 0 Å². The molecule has 1 saturated heterocycles. The molecule has 0 bridgehead atoms. The topological polar surface area (TPSA) is 92.8 Å². The minimum absolute atomic E-state index is 0.0559. The van der Waals surface area contributed by atoms with Gasteiger partial charge in [-0.05, 0) is 37.5 Å². The summed E-state index contributed by atoms with van der Waals surface area (Å²) in [7, 11) is -0.213. The van der Waals surface area contributed by atoms with E-state index in [0.717, 1.165) is 11.8 Å². The van der Waals surface area contributed by atoms with Crippen LogP contribution in [0.2, 0.25) is 0 Å². The van der Waals surface area contributed by atoms with Gasteiger partial charge in [-0.2, -0.15) is 0 Å². The highest BCUT2D eigenvalue weighted by atomic mass is 32.2. The number of ether oxygens (including phenoxy) is 1. The average molecular weight is 354 g/mol. The Bertz CT molecular complexity index is 758. The zero-order valence-corrected chi connectivity index (χ0v) is 15.0. The van der Waals surface area contributed by atoms with Gasteiger partial charge in [0, 0.05) is 20.4 Å². The van der Waals surface area contributed by atoms with Crippen LogP contribution in [-0.4, -0.2) is 57.7 Å². The second kappa shape index (κ2) is 6.90. The second-order valence-corrected chi connectivity index (χ2v) is 8.17. The van der Waals surface area contributed by atoms with Crippen molar-refractivity contribution in [2.45, 2.75) is 36.9 Å². The monoisotopic (exact) mass is 354 g/mol. The number of anilines is 1. The molecule has 2 amide bonds. The van der Waals surface area contributed by atoms with Crippen molar-refractivity contribution in [3.8, 4) is 0 Å². The molecule has 2 atom stereocenters. The zero-order valence-electron chi connectivity index (χ0n) is 14.2. The molecule has 0 unspecified atom stereocenters. The number of likely N-dealkylation sites (N-methyl/N-ethyl adjacent to an activating group) is 1. The van der Waals surface area contributed by atoms with Gasteiger partial charge in [-0.1, -0.05) is 6.07 Å². The van der Waals surface area contributed by atoms with Gasteiger partial charge in [0.1, 0.15) is 12.2 Å². The minimum atomic E-state index is -3.47. The molecular formula is C16H22N2O5S. The maximum Gasteiger partial charge on any atom is 0.253 e. The summed E-state index contributed by atoms with van der Waals surface area (Å²) in [6.45, 7) is 1.81. The van der Waals surface area contributed by atoms with Crippen LogP contribution in [0.4, 0.5) is 5.69 Å². The van der Waals surface area contributed by atoms with E-state index in [4.69, 9.17) is 4.74 Å². The van der Waals surface area contributed by atoms with Crippen molar-refractivity contribution in [3.63, 3.8) is 0 Å². The molecule has 1 aliphatic rings. The lowest BCUT2D eigenvalue weighted by Gasteiger charge is -2.17. The molecular weight excluding hydrogens is 332 g/mol. The van der Waals surface area contributed by atoms with Crippen molar-refractivity contribution in [1.82, 2.24) is 4.90 Å². The van der Waals surface area contributed by atoms with Crippen molar-refractivity contribution >= 4 is 27.3 Å². The molecule has 8 heteroatoms. The maximum absolute atomic E-state index is 12.4. The van der Waals surface area contributed by atoms with E-state index in [1.165, 1.54) is 11.0 Å². The lowest BCUT2D eigenvalue weighted by Crippen LogP contribution is -2.35. The molecule has 1 N–H and O–H groups in total. The molecule has 1 aromatic carbocycles. The van der Waals surface area contributed by atoms with Crippen molar-refractivity contribution in [2.24, 2.45) is 0 Å². The van der Waals surface area contributed by atoms with Crippen LogP contribution in [0.1, 0.15) is 18.4 Å². The first kappa shape index (κ1) is 18.4. The highest BCUT2D eigenvalue weighted by Crippen LogP contribution is 2.26. The molecule has 1 aliphatic heterocycles. The first-order valence-corrected chi connectivity index (χ1v) is 9.47. The van der Waals surface area contributed by atoms with Crippen LogP contribution in [-0.2, 0) is 24.2 Å². The number of sulfone groups is 1. The van der Waals surface area contributed by atoms with Crippen LogP contribution in [0.15, 0.2) is 23.1 Å². The van der Waals surface area contributed by atoms with Crippen molar-refractivity contribution < 1.29 is 22.7 Å². The van der Waals surface area contributed by atoms with E-state index in [1.807, 2.05) is 0 Å². The number of hydrogen-bond acceptors (Lipinski definition) is 5. The van der Waals surface area contributed by atoms with Gasteiger partial charge in [0.25, 0.3) is 11.8 Å². The smallest absolute Gasteiger partial charge is 0.253 e. The number of hydrogen-bond donors (Lipinski definition) is 1. The Morgan fingerprint density at radius 3 is 2.42 bits per heavy atom. The Balaban J connectivity index is 2.14. The summed E-state index contributed by atoms with van der Waals surface area (Å²) in [5.74, 6) is -0.628. The van der Waals surface area contributed by atoms with Crippen molar-refractivity contribution in [1.29, 1.82) is 0 Å². The normalized spacial score (nSPS) is 20.7. The highest BCUT2D eigenvalue weighted by Gasteiger charge is 2.35. The zero-order chi connectivity index (χ0) is 18.1. The third-order valence-electron chi connectivity index (χ3n) is 3.82. The SMILES string of the molecule is Cc1ccc(S(C)(=O)=O)c(NC(=O)[C@@H]2CC[C@H](C(=O)N(C)C)O2)c1. The molecule has 0 radical (unpaired) electrons. The Morgan fingerprint density at radius 1 is 1.21 bits per heavy atom. The van der Waals surface area contributed by atoms with Crippen LogP contribution in [0, 0.1) is 6.92 Å². The molecule has 7 nitrogen and oxygen atoms in total. The fourth-order valence-corrected chi connectivity index (χ4v) is 3.40. The first-order chi connectivity index (χ1) is 11.1. The molecule has 0 aromatic heterocycles. The fourth-order valence-electron chi connectivity index (χ4n) is 2.58. The predicted octanol–water partition coefficient (Wildman–Crippen LogP) is 0.973. The number of benzene rings is 1. The lowest BCUT2D eigenvalue weighted by atomic mass is 10.1. The predicted molar refractivity (Wildman–Crippen MR) is 89.5 cm³/mol. The largest absolute Gasteiger partial charge is 0.355 e. The Labute approximate surface area is 141 Å². The molecule has 1 aromatic rings. The summed E-state index contributed by atoms with van der Waals surface area (Å²) in [4.78, 5) is 25.8. The van der Waals surface area contributed by atoms with E-state index in [1.54, 1.807) is 33.2 Å². The van der Waals surface area contributed by atoms with E-state index in [-0.39, 0.29) is 16.5 Å². The quantitative estimate of drug-likeness (QED) is 0.870. The molecule has 1 fully saturated rings. The van der Waals surface area contributed by atoms with Gasteiger partial charge in [-0.3, -0.25) is 9.59 Å². The minimum Gasteiger partial charge on any atom is -0.355 e. The number of carbonyl (C=O) groups is 2. The van der Waals surface area contributed by atoms with Gasteiger partial charge < -0.3 is 15.0 Å². The van der Waals surface area contributed by atoms with Crippen molar-refractivity contribution in [2.75, 3.05) is 25.7 Å². The molecule has 132 valence electrons. The van der Waals surface area contributed by atoms with Crippen LogP contribution >= 0.6 is 0 Å². The molecule has 0 spiro atoms. The third kappa shape index (κ3) is 4.12. The van der Waals surface area contributed by atoms with E-state index >= 15 is 0 Å². The standard InChI is InChI=1S/C16H22N2O5S/c1-10-5-8-14(24(4,21)22)11(9-10)17-15(19)12-6-7-13(23-12)16(20)18(2)3/h5,8-9,12-13H,6-7H2,1-4H3,(H,17,19)/t12-,13+/m0/s1. The summed E-state index contributed by atoms with van der Waals surface area (Å²) >= 11 is 0. The number of amides is 2. The summed E-state index contributed by atoms with van der Waals surface area (Å²) < 4.78 is 29.2. The highest BCUT2D eigenvalue weighted by molar-refractivity contribution is 7.90. The number of carbonyl (C=O) groups excluding carboxylic acids is 2. The fraction of sp³-hybridized carbons (Fsp3) is 0.500. The summed E-state index contributed by atoms with van der Waals surface area (Å²) in [6.07, 6.45) is 0.554. The Hall–Kier alpha value is -1.93. The summed E-state index contributed by atoms with van der Waals surface area (Å²) in [5, 5.41) is 2.62. The number of nitrogens with zero attached hydrogens (tertiary/aromatic N) is 1. The van der Waals surface area contributed by atoms with Crippen LogP contribution in [0.25, 0.3) is 0 Å². The Morgan fingerprint density at radius 2 is 1.83 bits per heavy atom. The first-order valence-electron chi connectivity index (χ1n) is 7.58. The van der Waals surface area contributed by atoms with Gasteiger partial charge in [0.2, 0.25) is 0 Å². The number of rotatable bonds is 4. The molecule has 0 aliphatic carbocycles. The van der Waals surface area contributed by atoms with Gasteiger partial charge in [0.15, 0.2) is 9.84 Å². The lowest BCUT2D eigenvalue weighted by molar-refractivity contribution is -0.143. The van der Waals surface area contributed by atoms with E-state index in [0.29, 0.717) is 12.8 Å². The van der Waals surface area contributed by atoms with Crippen LogP contribution < -0.4 is 5.32 Å². The van der Waals surface area contributed by atoms with Crippen LogP contribution in [0.5, 0.6) is 0 Å². The van der Waals surface area contributed by atoms with E-state index in [9.17, 15) is 18.0 Å². The second-order valence-electron chi connectivity index (χ2n) is 6.18. The van der Waals surface area contributed by atoms with Crippen LogP contribution in [0.3, 0.4) is 0 Å². The number of aryl methyl sites for hydroxylation is 1. The Kier molecular flexibility index (Phi) is 5.29. The number of nitrogens with one attached hydrogen (secondary N) is 1. The van der Waals surface area contributed by atoms with Gasteiger partial charge in [-0.15, -0.1) is 0 Å². The summed E-state index contributed by atoms with van der Waals surface area (Å²) in [5.41, 5.74) is 1.05. The molecule has 1 heterocycles. The third-order valence-corrected chi connectivity index (χ3v) is 4.98. The van der Waals surface area contributed by atoms with Crippen molar-refractivity contribution in [3.05, 3.63) is 23.8 Å².